The second kappa shape index (κ2) is 17.6. The average molecular weight is 503 g/mol. The van der Waals surface area contributed by atoms with Gasteiger partial charge < -0.3 is 43.4 Å². The van der Waals surface area contributed by atoms with Crippen LogP contribution in [-0.2, 0) is 24.0 Å². The van der Waals surface area contributed by atoms with Crippen LogP contribution in [0.5, 0.6) is 0 Å². The number of hydrogen-bond acceptors (Lipinski definition) is 8. The van der Waals surface area contributed by atoms with Gasteiger partial charge in [-0.2, -0.15) is 0 Å². The van der Waals surface area contributed by atoms with Crippen LogP contribution in [-0.4, -0.2) is 77.1 Å². The van der Waals surface area contributed by atoms with Crippen LogP contribution in [0, 0.1) is 5.92 Å². The van der Waals surface area contributed by atoms with E-state index >= 15 is 0 Å². The number of nitrogens with two attached hydrogens (primary N) is 3. The van der Waals surface area contributed by atoms with Crippen LogP contribution in [0.4, 0.5) is 0 Å². The molecule has 0 saturated carbocycles. The number of carbonyl (C=O) groups is 5. The molecule has 0 rings (SSSR count). The summed E-state index contributed by atoms with van der Waals surface area (Å²) >= 11 is 0. The summed E-state index contributed by atoms with van der Waals surface area (Å²) in [5.41, 5.74) is 16.7. The van der Waals surface area contributed by atoms with E-state index in [0.29, 0.717) is 45.2 Å². The summed E-state index contributed by atoms with van der Waals surface area (Å²) in [5, 5.41) is 25.8. The predicted octanol–water partition coefficient (Wildman–Crippen LogP) is -1.37. The number of carboxylic acid groups (broad SMARTS) is 2. The Hall–Kier alpha value is -2.77. The molecule has 4 unspecified atom stereocenters. The van der Waals surface area contributed by atoms with E-state index in [1.165, 1.54) is 0 Å². The molecular weight excluding hydrogens is 460 g/mol. The minimum Gasteiger partial charge on any atom is -0.481 e. The lowest BCUT2D eigenvalue weighted by atomic mass is 10.0. The average Bonchev–Trinajstić information content (AvgIpc) is 2.76. The molecule has 13 heteroatoms. The Morgan fingerprint density at radius 2 is 1.20 bits per heavy atom. The van der Waals surface area contributed by atoms with Gasteiger partial charge in [0.15, 0.2) is 0 Å². The monoisotopic (exact) mass is 502 g/mol. The first-order valence-corrected chi connectivity index (χ1v) is 11.9. The lowest BCUT2D eigenvalue weighted by Gasteiger charge is -2.25. The van der Waals surface area contributed by atoms with Gasteiger partial charge in [-0.05, 0) is 57.5 Å². The number of carbonyl (C=O) groups excluding carboxylic acids is 3. The van der Waals surface area contributed by atoms with Gasteiger partial charge in [0.2, 0.25) is 17.7 Å². The maximum absolute atomic E-state index is 12.9. The topological polar surface area (TPSA) is 240 Å². The molecule has 0 saturated heterocycles. The van der Waals surface area contributed by atoms with Gasteiger partial charge >= 0.3 is 11.9 Å². The maximum atomic E-state index is 12.9. The zero-order valence-electron chi connectivity index (χ0n) is 20.6. The van der Waals surface area contributed by atoms with Gasteiger partial charge in [-0.15, -0.1) is 0 Å². The highest BCUT2D eigenvalue weighted by molar-refractivity contribution is 5.95. The molecule has 4 atom stereocenters. The van der Waals surface area contributed by atoms with Crippen molar-refractivity contribution in [3.8, 4) is 0 Å². The van der Waals surface area contributed by atoms with Gasteiger partial charge in [-0.1, -0.05) is 20.3 Å². The molecule has 13 nitrogen and oxygen atoms in total. The lowest BCUT2D eigenvalue weighted by molar-refractivity contribution is -0.143. The van der Waals surface area contributed by atoms with E-state index in [4.69, 9.17) is 17.2 Å². The van der Waals surface area contributed by atoms with E-state index in [0.717, 1.165) is 0 Å². The van der Waals surface area contributed by atoms with Gasteiger partial charge in [0.05, 0.1) is 12.5 Å². The standard InChI is InChI=1S/C22H42N6O7/c1-13(2)11-17(22(34)35)28-20(32)15(8-4-6-10-24)26-21(33)16(12-18(29)30)27-19(31)14(25)7-3-5-9-23/h13-17H,3-12,23-25H2,1-2H3,(H,26,33)(H,27,31)(H,28,32)(H,29,30)(H,34,35). The van der Waals surface area contributed by atoms with Crippen LogP contribution in [0.3, 0.4) is 0 Å². The van der Waals surface area contributed by atoms with Crippen LogP contribution in [0.1, 0.15) is 65.2 Å². The number of rotatable bonds is 19. The van der Waals surface area contributed by atoms with Crippen LogP contribution < -0.4 is 33.2 Å². The Morgan fingerprint density at radius 3 is 1.69 bits per heavy atom. The Morgan fingerprint density at radius 1 is 0.714 bits per heavy atom. The zero-order chi connectivity index (χ0) is 27.0. The van der Waals surface area contributed by atoms with Gasteiger partial charge in [-0.25, -0.2) is 4.79 Å². The van der Waals surface area contributed by atoms with Crippen LogP contribution in [0.25, 0.3) is 0 Å². The van der Waals surface area contributed by atoms with E-state index in [9.17, 15) is 34.2 Å². The van der Waals surface area contributed by atoms with Crippen molar-refractivity contribution in [1.82, 2.24) is 16.0 Å². The molecule has 0 aliphatic heterocycles. The molecule has 0 aliphatic carbocycles. The van der Waals surface area contributed by atoms with E-state index in [-0.39, 0.29) is 18.8 Å². The molecule has 0 heterocycles. The Labute approximate surface area is 205 Å². The summed E-state index contributed by atoms with van der Waals surface area (Å²) in [7, 11) is 0. The molecule has 0 fully saturated rings. The third-order valence-electron chi connectivity index (χ3n) is 5.22. The van der Waals surface area contributed by atoms with E-state index in [1.807, 2.05) is 13.8 Å². The smallest absolute Gasteiger partial charge is 0.326 e. The molecule has 11 N–H and O–H groups in total. The molecule has 0 aromatic heterocycles. The molecule has 202 valence electrons. The predicted molar refractivity (Wildman–Crippen MR) is 129 cm³/mol. The van der Waals surface area contributed by atoms with Crippen molar-refractivity contribution in [2.24, 2.45) is 23.1 Å². The summed E-state index contributed by atoms with van der Waals surface area (Å²) in [4.78, 5) is 60.9. The zero-order valence-corrected chi connectivity index (χ0v) is 20.6. The molecule has 0 spiro atoms. The Balaban J connectivity index is 5.46. The summed E-state index contributed by atoms with van der Waals surface area (Å²) in [5.74, 6) is -4.87. The highest BCUT2D eigenvalue weighted by Crippen LogP contribution is 2.08. The number of hydrogen-bond donors (Lipinski definition) is 8. The van der Waals surface area contributed by atoms with Gasteiger partial charge in [-0.3, -0.25) is 19.2 Å². The second-order valence-electron chi connectivity index (χ2n) is 8.92. The Bertz CT molecular complexity index is 704. The fraction of sp³-hybridized carbons (Fsp3) is 0.773. The van der Waals surface area contributed by atoms with Crippen molar-refractivity contribution < 1.29 is 34.2 Å². The maximum Gasteiger partial charge on any atom is 0.326 e. The molecule has 0 aliphatic rings. The molecule has 0 bridgehead atoms. The highest BCUT2D eigenvalue weighted by atomic mass is 16.4. The first kappa shape index (κ1) is 32.2. The quantitative estimate of drug-likeness (QED) is 0.0963. The Kier molecular flexibility index (Phi) is 16.2. The largest absolute Gasteiger partial charge is 0.481 e. The summed E-state index contributed by atoms with van der Waals surface area (Å²) in [6.07, 6.45) is 2.18. The van der Waals surface area contributed by atoms with Crippen molar-refractivity contribution in [3.63, 3.8) is 0 Å². The third-order valence-corrected chi connectivity index (χ3v) is 5.22. The summed E-state index contributed by atoms with van der Waals surface area (Å²) in [6, 6.07) is -4.73. The second-order valence-corrected chi connectivity index (χ2v) is 8.92. The van der Waals surface area contributed by atoms with Gasteiger partial charge in [0.1, 0.15) is 18.1 Å². The van der Waals surface area contributed by atoms with Gasteiger partial charge in [0, 0.05) is 0 Å². The first-order chi connectivity index (χ1) is 16.4. The first-order valence-electron chi connectivity index (χ1n) is 11.9. The summed E-state index contributed by atoms with van der Waals surface area (Å²) in [6.45, 7) is 4.41. The van der Waals surface area contributed by atoms with Crippen molar-refractivity contribution >= 4 is 29.7 Å². The van der Waals surface area contributed by atoms with E-state index in [2.05, 4.69) is 16.0 Å². The third kappa shape index (κ3) is 14.3. The van der Waals surface area contributed by atoms with Gasteiger partial charge in [0.25, 0.3) is 0 Å². The van der Waals surface area contributed by atoms with Crippen LogP contribution in [0.15, 0.2) is 0 Å². The number of nitrogens with one attached hydrogen (secondary N) is 3. The number of unbranched alkanes of at least 4 members (excludes halogenated alkanes) is 2. The van der Waals surface area contributed by atoms with Crippen molar-refractivity contribution in [2.75, 3.05) is 13.1 Å². The molecule has 3 amide bonds. The molecule has 35 heavy (non-hydrogen) atoms. The number of amides is 3. The molecular formula is C22H42N6O7. The normalized spacial score (nSPS) is 14.5. The molecule has 0 aromatic carbocycles. The number of aliphatic carboxylic acids is 2. The minimum atomic E-state index is -1.48. The SMILES string of the molecule is CC(C)CC(NC(=O)C(CCCCN)NC(=O)C(CC(=O)O)NC(=O)C(N)CCCCN)C(=O)O. The fourth-order valence-electron chi connectivity index (χ4n) is 3.30. The molecule has 0 radical (unpaired) electrons. The minimum absolute atomic E-state index is 0.00842. The highest BCUT2D eigenvalue weighted by Gasteiger charge is 2.31. The van der Waals surface area contributed by atoms with Crippen molar-refractivity contribution in [3.05, 3.63) is 0 Å². The lowest BCUT2D eigenvalue weighted by Crippen LogP contribution is -2.57. The van der Waals surface area contributed by atoms with E-state index < -0.39 is 60.2 Å². The number of carboxylic acids is 2. The molecule has 0 aromatic rings. The van der Waals surface area contributed by atoms with E-state index in [1.54, 1.807) is 0 Å². The van der Waals surface area contributed by atoms with Crippen molar-refractivity contribution in [1.29, 1.82) is 0 Å². The van der Waals surface area contributed by atoms with Crippen LogP contribution in [0.2, 0.25) is 0 Å². The fourth-order valence-corrected chi connectivity index (χ4v) is 3.30. The van der Waals surface area contributed by atoms with Crippen molar-refractivity contribution in [2.45, 2.75) is 89.4 Å². The summed E-state index contributed by atoms with van der Waals surface area (Å²) < 4.78 is 0. The van der Waals surface area contributed by atoms with Crippen LogP contribution >= 0.6 is 0 Å².